The maximum atomic E-state index is 10.8. The molecule has 8 heteroatoms. The minimum Gasteiger partial charge on any atom is -0.388 e. The first-order valence-corrected chi connectivity index (χ1v) is 5.97. The van der Waals surface area contributed by atoms with Crippen LogP contribution in [0.5, 0.6) is 0 Å². The van der Waals surface area contributed by atoms with Gasteiger partial charge in [0.15, 0.2) is 0 Å². The lowest BCUT2D eigenvalue weighted by Gasteiger charge is -2.23. The summed E-state index contributed by atoms with van der Waals surface area (Å²) >= 11 is 0. The van der Waals surface area contributed by atoms with Crippen LogP contribution in [0, 0.1) is 10.1 Å². The van der Waals surface area contributed by atoms with Crippen LogP contribution < -0.4 is 16.6 Å². The van der Waals surface area contributed by atoms with Crippen molar-refractivity contribution in [2.24, 2.45) is 5.84 Å². The Balaban J connectivity index is 2.83. The zero-order valence-corrected chi connectivity index (χ0v) is 11.0. The van der Waals surface area contributed by atoms with Crippen molar-refractivity contribution in [3.8, 4) is 0 Å². The molecular weight excluding hydrogens is 250 g/mol. The highest BCUT2D eigenvalue weighted by Gasteiger charge is 2.19. The van der Waals surface area contributed by atoms with Gasteiger partial charge in [-0.25, -0.2) is 10.8 Å². The molecule has 19 heavy (non-hydrogen) atoms. The molecular formula is C11H19N5O3. The van der Waals surface area contributed by atoms with Crippen LogP contribution in [0.3, 0.4) is 0 Å². The van der Waals surface area contributed by atoms with Crippen LogP contribution in [0.4, 0.5) is 17.3 Å². The van der Waals surface area contributed by atoms with Crippen LogP contribution in [0.2, 0.25) is 0 Å². The molecule has 0 radical (unpaired) electrons. The minimum absolute atomic E-state index is 0.124. The van der Waals surface area contributed by atoms with Gasteiger partial charge in [0, 0.05) is 6.54 Å². The molecule has 0 bridgehead atoms. The van der Waals surface area contributed by atoms with Gasteiger partial charge in [0.05, 0.1) is 22.7 Å². The van der Waals surface area contributed by atoms with Crippen LogP contribution in [-0.4, -0.2) is 27.2 Å². The zero-order chi connectivity index (χ0) is 14.5. The average molecular weight is 269 g/mol. The summed E-state index contributed by atoms with van der Waals surface area (Å²) in [5.74, 6) is 5.68. The SMILES string of the molecule is CCCC(C)(O)CNc1cc([N+](=O)[O-])cc(NN)n1. The molecule has 1 aromatic rings. The van der Waals surface area contributed by atoms with Gasteiger partial charge >= 0.3 is 0 Å². The van der Waals surface area contributed by atoms with E-state index in [2.05, 4.69) is 15.7 Å². The van der Waals surface area contributed by atoms with E-state index in [1.165, 1.54) is 12.1 Å². The highest BCUT2D eigenvalue weighted by Crippen LogP contribution is 2.21. The summed E-state index contributed by atoms with van der Waals surface area (Å²) in [7, 11) is 0. The van der Waals surface area contributed by atoms with Crippen LogP contribution in [0.25, 0.3) is 0 Å². The predicted molar refractivity (Wildman–Crippen MR) is 72.7 cm³/mol. The van der Waals surface area contributed by atoms with Gasteiger partial charge in [0.2, 0.25) is 0 Å². The Kier molecular flexibility index (Phi) is 5.02. The van der Waals surface area contributed by atoms with Gasteiger partial charge in [0.25, 0.3) is 5.69 Å². The maximum Gasteiger partial charge on any atom is 0.276 e. The molecule has 106 valence electrons. The number of nitrogens with zero attached hydrogens (tertiary/aromatic N) is 2. The molecule has 0 fully saturated rings. The molecule has 0 aromatic carbocycles. The Morgan fingerprint density at radius 1 is 1.53 bits per heavy atom. The Labute approximate surface area is 111 Å². The third-order valence-corrected chi connectivity index (χ3v) is 2.61. The van der Waals surface area contributed by atoms with E-state index in [1.54, 1.807) is 6.92 Å². The summed E-state index contributed by atoms with van der Waals surface area (Å²) in [5.41, 5.74) is 1.25. The molecule has 1 atom stereocenters. The Bertz CT molecular complexity index is 450. The summed E-state index contributed by atoms with van der Waals surface area (Å²) < 4.78 is 0. The molecule has 1 rings (SSSR count). The normalized spacial score (nSPS) is 13.7. The van der Waals surface area contributed by atoms with Crippen LogP contribution in [0.1, 0.15) is 26.7 Å². The number of hydrazine groups is 1. The molecule has 1 aromatic heterocycles. The molecule has 1 heterocycles. The number of nitro groups is 1. The van der Waals surface area contributed by atoms with Crippen molar-refractivity contribution in [3.63, 3.8) is 0 Å². The second-order valence-electron chi connectivity index (χ2n) is 4.60. The third kappa shape index (κ3) is 4.68. The average Bonchev–Trinajstić information content (AvgIpc) is 2.36. The quantitative estimate of drug-likeness (QED) is 0.333. The summed E-state index contributed by atoms with van der Waals surface area (Å²) in [6, 6.07) is 2.53. The molecule has 0 aliphatic carbocycles. The van der Waals surface area contributed by atoms with E-state index in [-0.39, 0.29) is 18.1 Å². The Morgan fingerprint density at radius 2 is 2.16 bits per heavy atom. The first kappa shape index (κ1) is 15.1. The molecule has 0 aliphatic heterocycles. The number of hydrogen-bond acceptors (Lipinski definition) is 7. The van der Waals surface area contributed by atoms with Crippen molar-refractivity contribution in [2.75, 3.05) is 17.3 Å². The molecule has 0 amide bonds. The van der Waals surface area contributed by atoms with Gasteiger partial charge in [-0.2, -0.15) is 0 Å². The van der Waals surface area contributed by atoms with E-state index in [4.69, 9.17) is 5.84 Å². The fourth-order valence-corrected chi connectivity index (χ4v) is 1.69. The standard InChI is InChI=1S/C11H19N5O3/c1-3-4-11(2,17)7-13-9-5-8(16(18)19)6-10(14-9)15-12/h5-6,17H,3-4,7,12H2,1-2H3,(H2,13,14,15). The van der Waals surface area contributed by atoms with Crippen molar-refractivity contribution < 1.29 is 10.0 Å². The summed E-state index contributed by atoms with van der Waals surface area (Å²) in [6.07, 6.45) is 1.46. The van der Waals surface area contributed by atoms with Crippen molar-refractivity contribution in [2.45, 2.75) is 32.3 Å². The van der Waals surface area contributed by atoms with Crippen molar-refractivity contribution in [1.82, 2.24) is 4.98 Å². The summed E-state index contributed by atoms with van der Waals surface area (Å²) in [5, 5.41) is 23.7. The number of nitrogen functional groups attached to an aromatic ring is 1. The third-order valence-electron chi connectivity index (χ3n) is 2.61. The number of aromatic nitrogens is 1. The monoisotopic (exact) mass is 269 g/mol. The fraction of sp³-hybridized carbons (Fsp3) is 0.545. The van der Waals surface area contributed by atoms with Gasteiger partial charge in [-0.05, 0) is 13.3 Å². The smallest absolute Gasteiger partial charge is 0.276 e. The first-order chi connectivity index (χ1) is 8.88. The maximum absolute atomic E-state index is 10.8. The number of rotatable bonds is 7. The van der Waals surface area contributed by atoms with Crippen LogP contribution in [0.15, 0.2) is 12.1 Å². The number of pyridine rings is 1. The van der Waals surface area contributed by atoms with Crippen LogP contribution >= 0.6 is 0 Å². The summed E-state index contributed by atoms with van der Waals surface area (Å²) in [6.45, 7) is 3.92. The molecule has 0 spiro atoms. The zero-order valence-electron chi connectivity index (χ0n) is 11.0. The van der Waals surface area contributed by atoms with Gasteiger partial charge < -0.3 is 15.8 Å². The number of anilines is 2. The summed E-state index contributed by atoms with van der Waals surface area (Å²) in [4.78, 5) is 14.3. The van der Waals surface area contributed by atoms with Gasteiger partial charge in [-0.1, -0.05) is 13.3 Å². The number of hydrogen-bond donors (Lipinski definition) is 4. The van der Waals surface area contributed by atoms with E-state index >= 15 is 0 Å². The van der Waals surface area contributed by atoms with Crippen molar-refractivity contribution in [1.29, 1.82) is 0 Å². The molecule has 8 nitrogen and oxygen atoms in total. The molecule has 0 saturated carbocycles. The molecule has 0 saturated heterocycles. The van der Waals surface area contributed by atoms with E-state index < -0.39 is 10.5 Å². The largest absolute Gasteiger partial charge is 0.388 e. The Hall–Kier alpha value is -1.93. The topological polar surface area (TPSA) is 126 Å². The van der Waals surface area contributed by atoms with Crippen molar-refractivity contribution >= 4 is 17.3 Å². The predicted octanol–water partition coefficient (Wildman–Crippen LogP) is 1.24. The lowest BCUT2D eigenvalue weighted by Crippen LogP contribution is -2.33. The van der Waals surface area contributed by atoms with E-state index in [0.29, 0.717) is 12.2 Å². The Morgan fingerprint density at radius 3 is 2.68 bits per heavy atom. The molecule has 1 unspecified atom stereocenters. The molecule has 0 aliphatic rings. The number of aliphatic hydroxyl groups is 1. The fourth-order valence-electron chi connectivity index (χ4n) is 1.69. The lowest BCUT2D eigenvalue weighted by molar-refractivity contribution is -0.384. The lowest BCUT2D eigenvalue weighted by atomic mass is 10.0. The second-order valence-corrected chi connectivity index (χ2v) is 4.60. The second kappa shape index (κ2) is 6.30. The minimum atomic E-state index is -0.892. The van der Waals surface area contributed by atoms with E-state index in [0.717, 1.165) is 6.42 Å². The van der Waals surface area contributed by atoms with Crippen molar-refractivity contribution in [3.05, 3.63) is 22.2 Å². The first-order valence-electron chi connectivity index (χ1n) is 5.97. The van der Waals surface area contributed by atoms with E-state index in [1.807, 2.05) is 6.92 Å². The van der Waals surface area contributed by atoms with Gasteiger partial charge in [-0.15, -0.1) is 0 Å². The van der Waals surface area contributed by atoms with Crippen LogP contribution in [-0.2, 0) is 0 Å². The number of nitrogens with two attached hydrogens (primary N) is 1. The molecule has 5 N–H and O–H groups in total. The van der Waals surface area contributed by atoms with Gasteiger partial charge in [0.1, 0.15) is 11.6 Å². The highest BCUT2D eigenvalue weighted by molar-refractivity contribution is 5.54. The van der Waals surface area contributed by atoms with E-state index in [9.17, 15) is 15.2 Å². The number of nitrogens with one attached hydrogen (secondary N) is 2. The highest BCUT2D eigenvalue weighted by atomic mass is 16.6. The van der Waals surface area contributed by atoms with Gasteiger partial charge in [-0.3, -0.25) is 10.1 Å².